The van der Waals surface area contributed by atoms with E-state index in [1.807, 2.05) is 25.1 Å². The van der Waals surface area contributed by atoms with Gasteiger partial charge in [0.25, 0.3) is 0 Å². The molecule has 0 bridgehead atoms. The van der Waals surface area contributed by atoms with E-state index in [0.717, 1.165) is 16.9 Å². The zero-order valence-electron chi connectivity index (χ0n) is 8.76. The Labute approximate surface area is 84.1 Å². The Hall–Kier alpha value is -1.51. The third-order valence-electron chi connectivity index (χ3n) is 2.00. The second kappa shape index (κ2) is 4.65. The van der Waals surface area contributed by atoms with Gasteiger partial charge in [0.15, 0.2) is 0 Å². The van der Waals surface area contributed by atoms with Gasteiger partial charge in [-0.1, -0.05) is 12.1 Å². The van der Waals surface area contributed by atoms with E-state index >= 15 is 0 Å². The highest BCUT2D eigenvalue weighted by Crippen LogP contribution is 2.18. The van der Waals surface area contributed by atoms with Gasteiger partial charge in [0.1, 0.15) is 5.75 Å². The van der Waals surface area contributed by atoms with E-state index in [9.17, 15) is 4.79 Å². The number of hydrogen-bond donors (Lipinski definition) is 1. The normalized spacial score (nSPS) is 9.64. The number of nitrogens with one attached hydrogen (secondary N) is 1. The maximum absolute atomic E-state index is 10.7. The number of benzene rings is 1. The molecule has 1 aromatic rings. The summed E-state index contributed by atoms with van der Waals surface area (Å²) in [5.41, 5.74) is 2.16. The first-order valence-electron chi connectivity index (χ1n) is 4.51. The van der Waals surface area contributed by atoms with Crippen molar-refractivity contribution < 1.29 is 9.53 Å². The number of methoxy groups -OCH3 is 1. The minimum absolute atomic E-state index is 0.0153. The van der Waals surface area contributed by atoms with Crippen molar-refractivity contribution in [2.45, 2.75) is 20.4 Å². The topological polar surface area (TPSA) is 38.3 Å². The van der Waals surface area contributed by atoms with Gasteiger partial charge in [-0.3, -0.25) is 4.79 Å². The van der Waals surface area contributed by atoms with Gasteiger partial charge < -0.3 is 10.1 Å². The quantitative estimate of drug-likeness (QED) is 0.792. The number of rotatable bonds is 3. The van der Waals surface area contributed by atoms with E-state index in [4.69, 9.17) is 4.74 Å². The average Bonchev–Trinajstić information content (AvgIpc) is 2.15. The molecule has 0 aromatic heterocycles. The Morgan fingerprint density at radius 1 is 1.50 bits per heavy atom. The van der Waals surface area contributed by atoms with Crippen molar-refractivity contribution in [3.8, 4) is 5.75 Å². The molecule has 0 heterocycles. The van der Waals surface area contributed by atoms with Crippen LogP contribution in [0.15, 0.2) is 18.2 Å². The number of hydrogen-bond acceptors (Lipinski definition) is 2. The zero-order chi connectivity index (χ0) is 10.6. The molecular formula is C11H15NO2. The van der Waals surface area contributed by atoms with E-state index in [0.29, 0.717) is 6.54 Å². The molecule has 0 unspecified atom stereocenters. The fourth-order valence-corrected chi connectivity index (χ4v) is 1.28. The molecule has 1 rings (SSSR count). The Morgan fingerprint density at radius 3 is 2.71 bits per heavy atom. The highest BCUT2D eigenvalue weighted by atomic mass is 16.5. The molecule has 76 valence electrons. The van der Waals surface area contributed by atoms with Gasteiger partial charge in [0.05, 0.1) is 7.11 Å². The third kappa shape index (κ3) is 2.76. The van der Waals surface area contributed by atoms with Gasteiger partial charge in [-0.25, -0.2) is 0 Å². The lowest BCUT2D eigenvalue weighted by Crippen LogP contribution is -2.18. The minimum Gasteiger partial charge on any atom is -0.496 e. The SMILES string of the molecule is COc1ccc(CNC(C)=O)cc1C. The van der Waals surface area contributed by atoms with Crippen LogP contribution in [0.2, 0.25) is 0 Å². The molecule has 0 saturated heterocycles. The number of amides is 1. The first-order valence-corrected chi connectivity index (χ1v) is 4.51. The summed E-state index contributed by atoms with van der Waals surface area (Å²) in [7, 11) is 1.65. The molecule has 3 nitrogen and oxygen atoms in total. The summed E-state index contributed by atoms with van der Waals surface area (Å²) in [5.74, 6) is 0.857. The Morgan fingerprint density at radius 2 is 2.21 bits per heavy atom. The zero-order valence-corrected chi connectivity index (χ0v) is 8.76. The van der Waals surface area contributed by atoms with Crippen molar-refractivity contribution in [1.82, 2.24) is 5.32 Å². The number of carbonyl (C=O) groups is 1. The molecule has 0 saturated carbocycles. The van der Waals surface area contributed by atoms with Crippen LogP contribution in [-0.4, -0.2) is 13.0 Å². The molecule has 0 aliphatic carbocycles. The molecule has 1 N–H and O–H groups in total. The Balaban J connectivity index is 2.71. The van der Waals surface area contributed by atoms with Crippen LogP contribution >= 0.6 is 0 Å². The molecular weight excluding hydrogens is 178 g/mol. The molecule has 0 aliphatic heterocycles. The molecule has 0 atom stereocenters. The lowest BCUT2D eigenvalue weighted by Gasteiger charge is -2.07. The maximum atomic E-state index is 10.7. The molecule has 1 amide bonds. The van der Waals surface area contributed by atoms with Crippen molar-refractivity contribution in [1.29, 1.82) is 0 Å². The average molecular weight is 193 g/mol. The summed E-state index contributed by atoms with van der Waals surface area (Å²) >= 11 is 0. The van der Waals surface area contributed by atoms with Crippen LogP contribution in [0.5, 0.6) is 5.75 Å². The molecule has 0 radical (unpaired) electrons. The van der Waals surface area contributed by atoms with Crippen molar-refractivity contribution in [3.05, 3.63) is 29.3 Å². The van der Waals surface area contributed by atoms with Gasteiger partial charge in [0, 0.05) is 13.5 Å². The smallest absolute Gasteiger partial charge is 0.217 e. The predicted molar refractivity (Wildman–Crippen MR) is 55.3 cm³/mol. The monoisotopic (exact) mass is 193 g/mol. The summed E-state index contributed by atoms with van der Waals surface area (Å²) < 4.78 is 5.14. The van der Waals surface area contributed by atoms with E-state index in [1.165, 1.54) is 6.92 Å². The van der Waals surface area contributed by atoms with Crippen molar-refractivity contribution in [2.24, 2.45) is 0 Å². The van der Waals surface area contributed by atoms with E-state index in [-0.39, 0.29) is 5.91 Å². The van der Waals surface area contributed by atoms with Gasteiger partial charge in [-0.05, 0) is 24.1 Å². The van der Waals surface area contributed by atoms with Gasteiger partial charge in [-0.15, -0.1) is 0 Å². The van der Waals surface area contributed by atoms with Gasteiger partial charge in [-0.2, -0.15) is 0 Å². The molecule has 0 aliphatic rings. The summed E-state index contributed by atoms with van der Waals surface area (Å²) in [5, 5.41) is 2.75. The molecule has 0 fully saturated rings. The lowest BCUT2D eigenvalue weighted by molar-refractivity contribution is -0.119. The van der Waals surface area contributed by atoms with Crippen LogP contribution in [-0.2, 0) is 11.3 Å². The van der Waals surface area contributed by atoms with Crippen LogP contribution in [0.1, 0.15) is 18.1 Å². The van der Waals surface area contributed by atoms with Crippen molar-refractivity contribution >= 4 is 5.91 Å². The second-order valence-electron chi connectivity index (χ2n) is 3.21. The van der Waals surface area contributed by atoms with Crippen LogP contribution in [0.4, 0.5) is 0 Å². The number of aryl methyl sites for hydroxylation is 1. The molecule has 0 spiro atoms. The fraction of sp³-hybridized carbons (Fsp3) is 0.364. The lowest BCUT2D eigenvalue weighted by atomic mass is 10.1. The van der Waals surface area contributed by atoms with Crippen LogP contribution in [0.3, 0.4) is 0 Å². The number of ether oxygens (including phenoxy) is 1. The minimum atomic E-state index is -0.0153. The fourth-order valence-electron chi connectivity index (χ4n) is 1.28. The van der Waals surface area contributed by atoms with E-state index in [2.05, 4.69) is 5.32 Å². The largest absolute Gasteiger partial charge is 0.496 e. The van der Waals surface area contributed by atoms with Gasteiger partial charge >= 0.3 is 0 Å². The molecule has 3 heteroatoms. The maximum Gasteiger partial charge on any atom is 0.217 e. The second-order valence-corrected chi connectivity index (χ2v) is 3.21. The summed E-state index contributed by atoms with van der Waals surface area (Å²) in [6.45, 7) is 4.06. The first-order chi connectivity index (χ1) is 6.63. The van der Waals surface area contributed by atoms with Crippen LogP contribution < -0.4 is 10.1 Å². The molecule has 14 heavy (non-hydrogen) atoms. The van der Waals surface area contributed by atoms with Crippen LogP contribution in [0.25, 0.3) is 0 Å². The molecule has 1 aromatic carbocycles. The van der Waals surface area contributed by atoms with Crippen molar-refractivity contribution in [3.63, 3.8) is 0 Å². The Bertz CT molecular complexity index is 334. The predicted octanol–water partition coefficient (Wildman–Crippen LogP) is 1.64. The van der Waals surface area contributed by atoms with E-state index in [1.54, 1.807) is 7.11 Å². The van der Waals surface area contributed by atoms with E-state index < -0.39 is 0 Å². The summed E-state index contributed by atoms with van der Waals surface area (Å²) in [4.78, 5) is 10.7. The highest BCUT2D eigenvalue weighted by Gasteiger charge is 1.99. The first kappa shape index (κ1) is 10.6. The van der Waals surface area contributed by atoms with Crippen molar-refractivity contribution in [2.75, 3.05) is 7.11 Å². The summed E-state index contributed by atoms with van der Waals surface area (Å²) in [6, 6.07) is 5.86. The standard InChI is InChI=1S/C11H15NO2/c1-8-6-10(7-12-9(2)13)4-5-11(8)14-3/h4-6H,7H2,1-3H3,(H,12,13). The van der Waals surface area contributed by atoms with Gasteiger partial charge in [0.2, 0.25) is 5.91 Å². The summed E-state index contributed by atoms with van der Waals surface area (Å²) in [6.07, 6.45) is 0. The third-order valence-corrected chi connectivity index (χ3v) is 2.00. The Kier molecular flexibility index (Phi) is 3.51. The highest BCUT2D eigenvalue weighted by molar-refractivity contribution is 5.72. The van der Waals surface area contributed by atoms with Crippen LogP contribution in [0, 0.1) is 6.92 Å². The number of carbonyl (C=O) groups excluding carboxylic acids is 1.